The molecule has 1 unspecified atom stereocenters. The number of hydrogen-bond acceptors (Lipinski definition) is 2. The van der Waals surface area contributed by atoms with Gasteiger partial charge >= 0.3 is 0 Å². The fourth-order valence-corrected chi connectivity index (χ4v) is 1.27. The highest BCUT2D eigenvalue weighted by Crippen LogP contribution is 1.98. The maximum atomic E-state index is 5.20. The molecular formula is C8H14N2. The molecule has 0 saturated carbocycles. The molecule has 1 aliphatic rings. The van der Waals surface area contributed by atoms with Crippen LogP contribution in [-0.2, 0) is 0 Å². The summed E-state index contributed by atoms with van der Waals surface area (Å²) in [5.74, 6) is 2.67. The van der Waals surface area contributed by atoms with Gasteiger partial charge in [-0.05, 0) is 7.05 Å². The van der Waals surface area contributed by atoms with Crippen molar-refractivity contribution in [1.82, 2.24) is 10.2 Å². The van der Waals surface area contributed by atoms with Crippen molar-refractivity contribution in [1.29, 1.82) is 0 Å². The Balaban J connectivity index is 2.27. The molecule has 56 valence electrons. The summed E-state index contributed by atoms with van der Waals surface area (Å²) in [4.78, 5) is 2.30. The molecule has 0 amide bonds. The zero-order chi connectivity index (χ0) is 7.40. The van der Waals surface area contributed by atoms with Gasteiger partial charge in [0.15, 0.2) is 0 Å². The Morgan fingerprint density at radius 3 is 3.20 bits per heavy atom. The number of rotatable bonds is 1. The average Bonchev–Trinajstić information content (AvgIpc) is 1.88. The lowest BCUT2D eigenvalue weighted by atomic mass is 10.1. The summed E-state index contributed by atoms with van der Waals surface area (Å²) >= 11 is 0. The summed E-state index contributed by atoms with van der Waals surface area (Å²) in [6.45, 7) is 3.30. The van der Waals surface area contributed by atoms with E-state index in [1.165, 1.54) is 0 Å². The molecule has 1 fully saturated rings. The Hall–Kier alpha value is -0.520. The lowest BCUT2D eigenvalue weighted by molar-refractivity contribution is 0.241. The zero-order valence-electron chi connectivity index (χ0n) is 6.43. The number of likely N-dealkylation sites (N-methyl/N-ethyl adjacent to an activating group) is 1. The number of nitrogens with zero attached hydrogens (tertiary/aromatic N) is 1. The van der Waals surface area contributed by atoms with E-state index >= 15 is 0 Å². The van der Waals surface area contributed by atoms with Crippen LogP contribution < -0.4 is 5.32 Å². The molecule has 0 bridgehead atoms. The third-order valence-electron chi connectivity index (χ3n) is 1.82. The highest BCUT2D eigenvalue weighted by atomic mass is 15.2. The van der Waals surface area contributed by atoms with Crippen molar-refractivity contribution < 1.29 is 0 Å². The molecule has 0 aromatic carbocycles. The predicted octanol–water partition coefficient (Wildman–Crippen LogP) is -0.0867. The van der Waals surface area contributed by atoms with Gasteiger partial charge in [0.25, 0.3) is 0 Å². The molecule has 2 nitrogen and oxygen atoms in total. The summed E-state index contributed by atoms with van der Waals surface area (Å²) in [6, 6.07) is 0.517. The van der Waals surface area contributed by atoms with Crippen LogP contribution in [0.25, 0.3) is 0 Å². The Bertz CT molecular complexity index is 137. The second kappa shape index (κ2) is 3.60. The first-order chi connectivity index (χ1) is 4.83. The molecule has 10 heavy (non-hydrogen) atoms. The minimum Gasteiger partial charge on any atom is -0.310 e. The van der Waals surface area contributed by atoms with Crippen LogP contribution in [-0.4, -0.2) is 37.6 Å². The minimum absolute atomic E-state index is 0.517. The molecule has 0 aromatic heterocycles. The van der Waals surface area contributed by atoms with Crippen LogP contribution in [0, 0.1) is 12.3 Å². The molecule has 0 spiro atoms. The van der Waals surface area contributed by atoms with Crippen molar-refractivity contribution in [3.05, 3.63) is 0 Å². The summed E-state index contributed by atoms with van der Waals surface area (Å²) in [7, 11) is 2.13. The molecule has 0 aliphatic carbocycles. The molecule has 1 rings (SSSR count). The Morgan fingerprint density at radius 1 is 1.80 bits per heavy atom. The second-order valence-electron chi connectivity index (χ2n) is 2.82. The molecule has 0 aromatic rings. The van der Waals surface area contributed by atoms with Crippen LogP contribution in [0.1, 0.15) is 6.42 Å². The van der Waals surface area contributed by atoms with Crippen LogP contribution in [0.2, 0.25) is 0 Å². The van der Waals surface area contributed by atoms with Crippen molar-refractivity contribution in [3.8, 4) is 12.3 Å². The predicted molar refractivity (Wildman–Crippen MR) is 42.7 cm³/mol. The van der Waals surface area contributed by atoms with Gasteiger partial charge < -0.3 is 10.2 Å². The van der Waals surface area contributed by atoms with Gasteiger partial charge in [-0.3, -0.25) is 0 Å². The number of hydrogen-bond donors (Lipinski definition) is 1. The first kappa shape index (κ1) is 7.59. The fraction of sp³-hybridized carbons (Fsp3) is 0.750. The van der Waals surface area contributed by atoms with E-state index in [0.717, 1.165) is 26.1 Å². The highest BCUT2D eigenvalue weighted by Gasteiger charge is 2.14. The smallest absolute Gasteiger partial charge is 0.0304 e. The van der Waals surface area contributed by atoms with Gasteiger partial charge in [0, 0.05) is 32.1 Å². The van der Waals surface area contributed by atoms with E-state index in [0.29, 0.717) is 6.04 Å². The quantitative estimate of drug-likeness (QED) is 0.510. The van der Waals surface area contributed by atoms with E-state index in [9.17, 15) is 0 Å². The van der Waals surface area contributed by atoms with E-state index in [1.54, 1.807) is 0 Å². The SMILES string of the molecule is C#CCC1CN(C)CCN1. The van der Waals surface area contributed by atoms with E-state index in [-0.39, 0.29) is 0 Å². The maximum absolute atomic E-state index is 5.20. The summed E-state index contributed by atoms with van der Waals surface area (Å²) in [5.41, 5.74) is 0. The Morgan fingerprint density at radius 2 is 2.60 bits per heavy atom. The summed E-state index contributed by atoms with van der Waals surface area (Å²) in [5, 5.41) is 3.37. The lowest BCUT2D eigenvalue weighted by Gasteiger charge is -2.29. The lowest BCUT2D eigenvalue weighted by Crippen LogP contribution is -2.48. The van der Waals surface area contributed by atoms with Crippen molar-refractivity contribution >= 4 is 0 Å². The van der Waals surface area contributed by atoms with Crippen LogP contribution in [0.3, 0.4) is 0 Å². The maximum Gasteiger partial charge on any atom is 0.0304 e. The molecule has 1 saturated heterocycles. The van der Waals surface area contributed by atoms with E-state index < -0.39 is 0 Å². The van der Waals surface area contributed by atoms with Crippen LogP contribution in [0.15, 0.2) is 0 Å². The van der Waals surface area contributed by atoms with Crippen molar-refractivity contribution in [2.45, 2.75) is 12.5 Å². The Kier molecular flexibility index (Phi) is 2.73. The number of terminal acetylenes is 1. The monoisotopic (exact) mass is 138 g/mol. The van der Waals surface area contributed by atoms with Crippen LogP contribution in [0.5, 0.6) is 0 Å². The third kappa shape index (κ3) is 2.02. The van der Waals surface area contributed by atoms with Crippen molar-refractivity contribution in [2.24, 2.45) is 0 Å². The van der Waals surface area contributed by atoms with Gasteiger partial charge in [-0.2, -0.15) is 0 Å². The molecule has 1 N–H and O–H groups in total. The van der Waals surface area contributed by atoms with E-state index in [2.05, 4.69) is 23.2 Å². The zero-order valence-corrected chi connectivity index (χ0v) is 6.43. The van der Waals surface area contributed by atoms with Gasteiger partial charge in [0.05, 0.1) is 0 Å². The first-order valence-electron chi connectivity index (χ1n) is 3.68. The molecule has 2 heteroatoms. The largest absolute Gasteiger partial charge is 0.310 e. The summed E-state index contributed by atoms with van der Waals surface area (Å²) < 4.78 is 0. The second-order valence-corrected chi connectivity index (χ2v) is 2.82. The normalized spacial score (nSPS) is 27.8. The van der Waals surface area contributed by atoms with Gasteiger partial charge in [0.1, 0.15) is 0 Å². The molecule has 1 atom stereocenters. The topological polar surface area (TPSA) is 15.3 Å². The van der Waals surface area contributed by atoms with Crippen LogP contribution in [0.4, 0.5) is 0 Å². The number of piperazine rings is 1. The van der Waals surface area contributed by atoms with Gasteiger partial charge in [0.2, 0.25) is 0 Å². The van der Waals surface area contributed by atoms with Gasteiger partial charge in [-0.25, -0.2) is 0 Å². The molecule has 1 heterocycles. The molecule has 0 radical (unpaired) electrons. The average molecular weight is 138 g/mol. The summed E-state index contributed by atoms with van der Waals surface area (Å²) in [6.07, 6.45) is 6.05. The van der Waals surface area contributed by atoms with Gasteiger partial charge in [-0.15, -0.1) is 12.3 Å². The van der Waals surface area contributed by atoms with Crippen molar-refractivity contribution in [2.75, 3.05) is 26.7 Å². The standard InChI is InChI=1S/C8H14N2/c1-3-4-8-7-10(2)6-5-9-8/h1,8-9H,4-7H2,2H3. The van der Waals surface area contributed by atoms with Gasteiger partial charge in [-0.1, -0.05) is 0 Å². The fourth-order valence-electron chi connectivity index (χ4n) is 1.27. The first-order valence-corrected chi connectivity index (χ1v) is 3.68. The van der Waals surface area contributed by atoms with E-state index in [1.807, 2.05) is 0 Å². The Labute approximate surface area is 62.6 Å². The third-order valence-corrected chi connectivity index (χ3v) is 1.82. The van der Waals surface area contributed by atoms with Crippen LogP contribution >= 0.6 is 0 Å². The minimum atomic E-state index is 0.517. The molecule has 1 aliphatic heterocycles. The van der Waals surface area contributed by atoms with E-state index in [4.69, 9.17) is 6.42 Å². The number of nitrogens with one attached hydrogen (secondary N) is 1. The highest BCUT2D eigenvalue weighted by molar-refractivity contribution is 4.92. The van der Waals surface area contributed by atoms with Crippen molar-refractivity contribution in [3.63, 3.8) is 0 Å². The molecular weight excluding hydrogens is 124 g/mol.